The first-order chi connectivity index (χ1) is 9.20. The minimum Gasteiger partial charge on any atom is -0.478 e. The van der Waals surface area contributed by atoms with Gasteiger partial charge in [-0.05, 0) is 31.0 Å². The Hall–Kier alpha value is -1.88. The molecule has 5 heteroatoms. The van der Waals surface area contributed by atoms with Crippen LogP contribution >= 0.6 is 0 Å². The molecule has 100 valence electrons. The van der Waals surface area contributed by atoms with Gasteiger partial charge in [0, 0.05) is 6.61 Å². The van der Waals surface area contributed by atoms with Crippen LogP contribution in [-0.2, 0) is 4.74 Å². The molecule has 0 aliphatic carbocycles. The molecule has 0 unspecified atom stereocenters. The first-order valence-electron chi connectivity index (χ1n) is 6.52. The number of aromatic carboxylic acids is 1. The van der Waals surface area contributed by atoms with E-state index in [0.717, 1.165) is 30.5 Å². The molecule has 3 rings (SSSR count). The van der Waals surface area contributed by atoms with E-state index in [1.165, 1.54) is 0 Å². The van der Waals surface area contributed by atoms with E-state index in [-0.39, 0.29) is 12.1 Å². The molecule has 0 amide bonds. The van der Waals surface area contributed by atoms with Crippen LogP contribution in [-0.4, -0.2) is 33.3 Å². The van der Waals surface area contributed by atoms with Crippen molar-refractivity contribution in [2.45, 2.75) is 31.9 Å². The van der Waals surface area contributed by atoms with E-state index in [1.54, 1.807) is 24.5 Å². The number of imidazole rings is 1. The van der Waals surface area contributed by atoms with E-state index in [9.17, 15) is 4.79 Å². The second kappa shape index (κ2) is 4.66. The number of hydrogen-bond acceptors (Lipinski definition) is 3. The highest BCUT2D eigenvalue weighted by Gasteiger charge is 2.29. The third-order valence-electron chi connectivity index (χ3n) is 3.76. The van der Waals surface area contributed by atoms with E-state index in [1.807, 2.05) is 0 Å². The minimum atomic E-state index is -0.913. The maximum absolute atomic E-state index is 11.1. The second-order valence-corrected chi connectivity index (χ2v) is 4.83. The lowest BCUT2D eigenvalue weighted by Gasteiger charge is -2.19. The lowest BCUT2D eigenvalue weighted by atomic mass is 10.1. The van der Waals surface area contributed by atoms with Gasteiger partial charge in [0.05, 0.1) is 35.1 Å². The van der Waals surface area contributed by atoms with Crippen LogP contribution in [0.3, 0.4) is 0 Å². The summed E-state index contributed by atoms with van der Waals surface area (Å²) >= 11 is 0. The summed E-state index contributed by atoms with van der Waals surface area (Å²) in [6, 6.07) is 5.28. The summed E-state index contributed by atoms with van der Waals surface area (Å²) in [4.78, 5) is 15.4. The molecule has 1 saturated heterocycles. The van der Waals surface area contributed by atoms with Crippen LogP contribution in [0.25, 0.3) is 11.0 Å². The van der Waals surface area contributed by atoms with Gasteiger partial charge in [-0.2, -0.15) is 0 Å². The zero-order valence-electron chi connectivity index (χ0n) is 10.7. The zero-order chi connectivity index (χ0) is 13.4. The molecule has 0 radical (unpaired) electrons. The van der Waals surface area contributed by atoms with Crippen molar-refractivity contribution in [1.29, 1.82) is 0 Å². The van der Waals surface area contributed by atoms with E-state index in [0.29, 0.717) is 5.56 Å². The van der Waals surface area contributed by atoms with Crippen molar-refractivity contribution in [3.05, 3.63) is 30.1 Å². The van der Waals surface area contributed by atoms with Crippen molar-refractivity contribution in [1.82, 2.24) is 9.55 Å². The number of ether oxygens (including phenoxy) is 1. The standard InChI is InChI=1S/C14H16N2O3/c1-2-13-11(5-6-19-13)16-8-15-10-4-3-9(14(17)18)7-12(10)16/h3-4,7-8,11,13H,2,5-6H2,1H3,(H,17,18)/t11-,13+/m1/s1. The molecule has 1 fully saturated rings. The summed E-state index contributed by atoms with van der Waals surface area (Å²) in [6.45, 7) is 2.85. The molecule has 0 bridgehead atoms. The Bertz CT molecular complexity index is 620. The largest absolute Gasteiger partial charge is 0.478 e. The Morgan fingerprint density at radius 1 is 1.58 bits per heavy atom. The molecular formula is C14H16N2O3. The topological polar surface area (TPSA) is 64.4 Å². The predicted molar refractivity (Wildman–Crippen MR) is 70.4 cm³/mol. The highest BCUT2D eigenvalue weighted by Crippen LogP contribution is 2.31. The van der Waals surface area contributed by atoms with Gasteiger partial charge in [0.2, 0.25) is 0 Å². The average molecular weight is 260 g/mol. The van der Waals surface area contributed by atoms with Gasteiger partial charge in [-0.25, -0.2) is 9.78 Å². The average Bonchev–Trinajstić information content (AvgIpc) is 3.03. The molecule has 2 heterocycles. The Labute approximate surface area is 110 Å². The van der Waals surface area contributed by atoms with E-state index < -0.39 is 5.97 Å². The third kappa shape index (κ3) is 2.00. The van der Waals surface area contributed by atoms with Crippen LogP contribution in [0, 0.1) is 0 Å². The van der Waals surface area contributed by atoms with E-state index in [4.69, 9.17) is 9.84 Å². The number of aromatic nitrogens is 2. The summed E-state index contributed by atoms with van der Waals surface area (Å²) in [6.07, 6.45) is 3.87. The molecule has 1 aliphatic rings. The smallest absolute Gasteiger partial charge is 0.335 e. The maximum atomic E-state index is 11.1. The van der Waals surface area contributed by atoms with E-state index in [2.05, 4.69) is 16.5 Å². The molecule has 0 saturated carbocycles. The van der Waals surface area contributed by atoms with E-state index >= 15 is 0 Å². The van der Waals surface area contributed by atoms with Crippen molar-refractivity contribution >= 4 is 17.0 Å². The van der Waals surface area contributed by atoms with Gasteiger partial charge in [-0.3, -0.25) is 0 Å². The monoisotopic (exact) mass is 260 g/mol. The number of fused-ring (bicyclic) bond motifs is 1. The summed E-state index contributed by atoms with van der Waals surface area (Å²) in [5.41, 5.74) is 1.99. The van der Waals surface area contributed by atoms with Crippen LogP contribution in [0.15, 0.2) is 24.5 Å². The number of nitrogens with zero attached hydrogens (tertiary/aromatic N) is 2. The van der Waals surface area contributed by atoms with Gasteiger partial charge in [0.1, 0.15) is 0 Å². The quantitative estimate of drug-likeness (QED) is 0.920. The molecule has 1 N–H and O–H groups in total. The molecular weight excluding hydrogens is 244 g/mol. The number of carboxylic acid groups (broad SMARTS) is 1. The molecule has 2 aromatic rings. The van der Waals surface area contributed by atoms with Crippen LogP contribution in [0.4, 0.5) is 0 Å². The number of benzene rings is 1. The fourth-order valence-corrected chi connectivity index (χ4v) is 2.77. The fraction of sp³-hybridized carbons (Fsp3) is 0.429. The lowest BCUT2D eigenvalue weighted by Crippen LogP contribution is -2.18. The molecule has 5 nitrogen and oxygen atoms in total. The highest BCUT2D eigenvalue weighted by atomic mass is 16.5. The Balaban J connectivity index is 2.08. The Morgan fingerprint density at radius 2 is 2.42 bits per heavy atom. The van der Waals surface area contributed by atoms with Crippen LogP contribution < -0.4 is 0 Å². The van der Waals surface area contributed by atoms with Gasteiger partial charge in [0.15, 0.2) is 0 Å². The highest BCUT2D eigenvalue weighted by molar-refractivity contribution is 5.92. The normalized spacial score (nSPS) is 23.0. The minimum absolute atomic E-state index is 0.186. The van der Waals surface area contributed by atoms with Crippen molar-refractivity contribution in [2.75, 3.05) is 6.61 Å². The third-order valence-corrected chi connectivity index (χ3v) is 3.76. The van der Waals surface area contributed by atoms with Crippen molar-refractivity contribution < 1.29 is 14.6 Å². The molecule has 0 spiro atoms. The van der Waals surface area contributed by atoms with Gasteiger partial charge in [-0.15, -0.1) is 0 Å². The van der Waals surface area contributed by atoms with Gasteiger partial charge >= 0.3 is 5.97 Å². The molecule has 1 aromatic carbocycles. The Morgan fingerprint density at radius 3 is 3.16 bits per heavy atom. The molecule has 19 heavy (non-hydrogen) atoms. The molecule has 1 aromatic heterocycles. The number of carboxylic acids is 1. The second-order valence-electron chi connectivity index (χ2n) is 4.83. The summed E-state index contributed by atoms with van der Waals surface area (Å²) in [5, 5.41) is 9.08. The first kappa shape index (κ1) is 12.2. The van der Waals surface area contributed by atoms with Crippen LogP contribution in [0.2, 0.25) is 0 Å². The maximum Gasteiger partial charge on any atom is 0.335 e. The van der Waals surface area contributed by atoms with Gasteiger partial charge in [-0.1, -0.05) is 6.92 Å². The zero-order valence-corrected chi connectivity index (χ0v) is 10.7. The van der Waals surface area contributed by atoms with Gasteiger partial charge in [0.25, 0.3) is 0 Å². The van der Waals surface area contributed by atoms with Crippen LogP contribution in [0.5, 0.6) is 0 Å². The molecule has 2 atom stereocenters. The van der Waals surface area contributed by atoms with Gasteiger partial charge < -0.3 is 14.4 Å². The SMILES string of the molecule is CC[C@@H]1OCC[C@H]1n1cnc2ccc(C(=O)O)cc21. The van der Waals surface area contributed by atoms with Crippen LogP contribution in [0.1, 0.15) is 36.2 Å². The number of rotatable bonds is 3. The fourth-order valence-electron chi connectivity index (χ4n) is 2.77. The number of hydrogen-bond donors (Lipinski definition) is 1. The van der Waals surface area contributed by atoms with Crippen molar-refractivity contribution in [2.24, 2.45) is 0 Å². The van der Waals surface area contributed by atoms with Crippen molar-refractivity contribution in [3.8, 4) is 0 Å². The van der Waals surface area contributed by atoms with Crippen molar-refractivity contribution in [3.63, 3.8) is 0 Å². The predicted octanol–water partition coefficient (Wildman–Crippen LogP) is 2.47. The Kier molecular flexibility index (Phi) is 2.98. The summed E-state index contributed by atoms with van der Waals surface area (Å²) in [5.74, 6) is -0.913. The first-order valence-corrected chi connectivity index (χ1v) is 6.52. The summed E-state index contributed by atoms with van der Waals surface area (Å²) in [7, 11) is 0. The summed E-state index contributed by atoms with van der Waals surface area (Å²) < 4.78 is 7.76. The molecule has 1 aliphatic heterocycles. The lowest BCUT2D eigenvalue weighted by molar-refractivity contribution is 0.0697. The number of carbonyl (C=O) groups is 1.